The van der Waals surface area contributed by atoms with E-state index in [4.69, 9.17) is 4.52 Å². The third kappa shape index (κ3) is 3.66. The zero-order chi connectivity index (χ0) is 24.2. The van der Waals surface area contributed by atoms with Crippen molar-refractivity contribution in [3.05, 3.63) is 41.6 Å². The number of aromatic amines is 2. The number of fused-ring (bicyclic) bond motifs is 2. The first-order valence-electron chi connectivity index (χ1n) is 10.8. The summed E-state index contributed by atoms with van der Waals surface area (Å²) in [6.45, 7) is 9.81. The van der Waals surface area contributed by atoms with Crippen molar-refractivity contribution >= 4 is 28.1 Å². The van der Waals surface area contributed by atoms with Gasteiger partial charge in [0.05, 0.1) is 23.3 Å². The predicted octanol–water partition coefficient (Wildman–Crippen LogP) is 2.20. The Labute approximate surface area is 194 Å². The summed E-state index contributed by atoms with van der Waals surface area (Å²) in [5.74, 6) is 1.51. The number of hydrogen-bond donors (Lipinski definition) is 2. The average Bonchev–Trinajstić information content (AvgIpc) is 3.50. The maximum Gasteiger partial charge on any atom is 0.303 e. The molecule has 0 saturated heterocycles. The molecule has 3 N–H and O–H groups in total. The van der Waals surface area contributed by atoms with Crippen LogP contribution in [0.4, 0.5) is 0 Å². The van der Waals surface area contributed by atoms with Gasteiger partial charge in [0.25, 0.3) is 11.7 Å². The zero-order valence-corrected chi connectivity index (χ0v) is 19.8. The number of imidazole rings is 1. The van der Waals surface area contributed by atoms with E-state index in [9.17, 15) is 4.79 Å². The number of amides is 1. The summed E-state index contributed by atoms with van der Waals surface area (Å²) in [7, 11) is 1.78. The molecule has 0 aliphatic heterocycles. The molecule has 1 amide bonds. The van der Waals surface area contributed by atoms with E-state index in [1.165, 1.54) is 6.33 Å². The average molecular weight is 462 g/mol. The van der Waals surface area contributed by atoms with Crippen molar-refractivity contribution in [2.75, 3.05) is 0 Å². The third-order valence-electron chi connectivity index (χ3n) is 5.53. The molecule has 34 heavy (non-hydrogen) atoms. The molecular weight excluding hydrogens is 436 g/mol. The van der Waals surface area contributed by atoms with E-state index in [0.717, 1.165) is 11.3 Å². The molecule has 0 saturated carbocycles. The number of carbonyl (C=O) groups excluding carboxylic acids is 1. The van der Waals surface area contributed by atoms with Crippen LogP contribution in [-0.2, 0) is 12.5 Å². The van der Waals surface area contributed by atoms with E-state index >= 15 is 0 Å². The highest BCUT2D eigenvalue weighted by Crippen LogP contribution is 2.23. The molecule has 0 spiro atoms. The largest absolute Gasteiger partial charge is 0.358 e. The molecule has 5 aromatic rings. The Hall–Kier alpha value is -4.22. The van der Waals surface area contributed by atoms with Crippen LogP contribution < -0.4 is 10.3 Å². The smallest absolute Gasteiger partial charge is 0.303 e. The van der Waals surface area contributed by atoms with E-state index in [0.29, 0.717) is 39.7 Å². The second kappa shape index (κ2) is 7.68. The van der Waals surface area contributed by atoms with Gasteiger partial charge >= 0.3 is 5.65 Å². The number of rotatable bonds is 4. The van der Waals surface area contributed by atoms with Crippen LogP contribution in [0.2, 0.25) is 0 Å². The highest BCUT2D eigenvalue weighted by Gasteiger charge is 2.25. The SMILES string of the molecule is Cc1nn(C)c2ncnc(C(=O)N[C@H](C)c3cc(-c4[nH]c5cnc(C(C)(C)C)nc5[nH+]4)no3)c12. The number of nitrogens with zero attached hydrogens (tertiary/aromatic N) is 7. The molecule has 0 radical (unpaired) electrons. The number of hydrogen-bond acceptors (Lipinski definition) is 8. The first-order valence-corrected chi connectivity index (χ1v) is 10.8. The lowest BCUT2D eigenvalue weighted by Crippen LogP contribution is -2.27. The highest BCUT2D eigenvalue weighted by molar-refractivity contribution is 6.04. The lowest BCUT2D eigenvalue weighted by molar-refractivity contribution is -0.334. The van der Waals surface area contributed by atoms with Crippen LogP contribution in [0.25, 0.3) is 33.7 Å². The first-order chi connectivity index (χ1) is 16.1. The summed E-state index contributed by atoms with van der Waals surface area (Å²) in [5, 5.41) is 12.0. The van der Waals surface area contributed by atoms with Gasteiger partial charge in [-0.05, 0) is 13.8 Å². The summed E-state index contributed by atoms with van der Waals surface area (Å²) < 4.78 is 7.14. The minimum absolute atomic E-state index is 0.169. The number of nitrogens with one attached hydrogen (secondary N) is 3. The Kier molecular flexibility index (Phi) is 4.88. The standard InChI is InChI=1S/C22H24N10O2/c1-10(26-20(33)16-15-11(2)30-32(6)19(15)25-9-24-16)14-7-12(31-34-14)17-27-13-8-23-21(22(3,4)5)29-18(13)28-17/h7-10H,1-6H3,(H,26,33)(H,23,27,28,29)/p+1/t10-/m1/s1. The number of aromatic nitrogens is 9. The van der Waals surface area contributed by atoms with Gasteiger partial charge in [-0.25, -0.2) is 19.9 Å². The summed E-state index contributed by atoms with van der Waals surface area (Å²) in [6.07, 6.45) is 3.10. The maximum absolute atomic E-state index is 13.0. The number of carbonyl (C=O) groups is 1. The van der Waals surface area contributed by atoms with Crippen molar-refractivity contribution in [1.29, 1.82) is 0 Å². The molecule has 0 aliphatic rings. The Bertz CT molecular complexity index is 1540. The summed E-state index contributed by atoms with van der Waals surface area (Å²) in [5.41, 5.74) is 3.37. The molecule has 5 aromatic heterocycles. The van der Waals surface area contributed by atoms with Crippen LogP contribution >= 0.6 is 0 Å². The molecule has 0 fully saturated rings. The van der Waals surface area contributed by atoms with E-state index in [-0.39, 0.29) is 17.0 Å². The van der Waals surface area contributed by atoms with Crippen molar-refractivity contribution < 1.29 is 14.3 Å². The maximum atomic E-state index is 13.0. The summed E-state index contributed by atoms with van der Waals surface area (Å²) in [6, 6.07) is 1.31. The van der Waals surface area contributed by atoms with Crippen LogP contribution in [-0.4, -0.2) is 45.8 Å². The van der Waals surface area contributed by atoms with Gasteiger partial charge < -0.3 is 9.84 Å². The van der Waals surface area contributed by atoms with Gasteiger partial charge in [0.1, 0.15) is 12.0 Å². The van der Waals surface area contributed by atoms with Crippen molar-refractivity contribution in [3.8, 4) is 11.5 Å². The highest BCUT2D eigenvalue weighted by atomic mass is 16.5. The lowest BCUT2D eigenvalue weighted by Gasteiger charge is -2.11. The molecule has 0 aliphatic carbocycles. The molecule has 1 atom stereocenters. The van der Waals surface area contributed by atoms with Gasteiger partial charge in [0, 0.05) is 18.5 Å². The topological polar surface area (TPSA) is 154 Å². The van der Waals surface area contributed by atoms with Crippen LogP contribution in [0.3, 0.4) is 0 Å². The Morgan fingerprint density at radius 3 is 2.82 bits per heavy atom. The van der Waals surface area contributed by atoms with Gasteiger partial charge in [-0.2, -0.15) is 5.10 Å². The van der Waals surface area contributed by atoms with Crippen LogP contribution in [0.1, 0.15) is 61.5 Å². The molecule has 0 aromatic carbocycles. The van der Waals surface area contributed by atoms with Crippen LogP contribution in [0, 0.1) is 6.92 Å². The van der Waals surface area contributed by atoms with Crippen LogP contribution in [0.15, 0.2) is 23.1 Å². The van der Waals surface area contributed by atoms with Crippen molar-refractivity contribution in [2.45, 2.75) is 46.1 Å². The minimum Gasteiger partial charge on any atom is -0.358 e. The van der Waals surface area contributed by atoms with E-state index < -0.39 is 6.04 Å². The minimum atomic E-state index is -0.451. The summed E-state index contributed by atoms with van der Waals surface area (Å²) >= 11 is 0. The molecular formula is C22H25N10O2+. The Morgan fingerprint density at radius 1 is 1.26 bits per heavy atom. The quantitative estimate of drug-likeness (QED) is 0.413. The van der Waals surface area contributed by atoms with Crippen molar-refractivity contribution in [3.63, 3.8) is 0 Å². The van der Waals surface area contributed by atoms with E-state index in [1.807, 2.05) is 13.8 Å². The second-order valence-corrected chi connectivity index (χ2v) is 9.27. The third-order valence-corrected chi connectivity index (χ3v) is 5.53. The predicted molar refractivity (Wildman–Crippen MR) is 122 cm³/mol. The summed E-state index contributed by atoms with van der Waals surface area (Å²) in [4.78, 5) is 36.9. The number of aryl methyl sites for hydroxylation is 2. The van der Waals surface area contributed by atoms with Gasteiger partial charge in [0.2, 0.25) is 5.82 Å². The molecule has 174 valence electrons. The monoisotopic (exact) mass is 461 g/mol. The molecule has 12 nitrogen and oxygen atoms in total. The second-order valence-electron chi connectivity index (χ2n) is 9.27. The van der Waals surface area contributed by atoms with Gasteiger partial charge in [-0.3, -0.25) is 14.5 Å². The van der Waals surface area contributed by atoms with Crippen molar-refractivity contribution in [2.24, 2.45) is 7.05 Å². The van der Waals surface area contributed by atoms with E-state index in [2.05, 4.69) is 66.2 Å². The fourth-order valence-corrected chi connectivity index (χ4v) is 3.74. The van der Waals surface area contributed by atoms with Gasteiger partial charge in [-0.15, -0.1) is 0 Å². The van der Waals surface area contributed by atoms with Gasteiger partial charge in [0.15, 0.2) is 22.6 Å². The fourth-order valence-electron chi connectivity index (χ4n) is 3.74. The van der Waals surface area contributed by atoms with E-state index in [1.54, 1.807) is 24.0 Å². The first kappa shape index (κ1) is 21.6. The van der Waals surface area contributed by atoms with Gasteiger partial charge in [-0.1, -0.05) is 30.9 Å². The van der Waals surface area contributed by atoms with Crippen LogP contribution in [0.5, 0.6) is 0 Å². The normalized spacial score (nSPS) is 13.0. The Balaban J connectivity index is 1.38. The molecule has 0 bridgehead atoms. The lowest BCUT2D eigenvalue weighted by atomic mass is 9.96. The molecule has 12 heteroatoms. The zero-order valence-electron chi connectivity index (χ0n) is 19.8. The fraction of sp³-hybridized carbons (Fsp3) is 0.364. The molecule has 0 unspecified atom stereocenters. The van der Waals surface area contributed by atoms with Crippen molar-refractivity contribution in [1.82, 2.24) is 45.2 Å². The number of H-pyrrole nitrogens is 2. The molecule has 5 rings (SSSR count). The Morgan fingerprint density at radius 2 is 2.06 bits per heavy atom. The molecule has 5 heterocycles.